The number of carbonyl (C=O) groups is 1. The van der Waals surface area contributed by atoms with Crippen molar-refractivity contribution in [2.24, 2.45) is 0 Å². The highest BCUT2D eigenvalue weighted by Gasteiger charge is 2.24. The number of hydrogen-bond acceptors (Lipinski definition) is 2. The molecule has 0 fully saturated rings. The molecule has 1 aliphatic rings. The molecule has 2 rings (SSSR count). The molecular weight excluding hydrogens is 200 g/mol. The fraction of sp³-hybridized carbons (Fsp3) is 0.357. The lowest BCUT2D eigenvalue weighted by Gasteiger charge is -2.23. The van der Waals surface area contributed by atoms with Crippen molar-refractivity contribution in [1.82, 2.24) is 0 Å². The first kappa shape index (κ1) is 10.9. The van der Waals surface area contributed by atoms with Crippen molar-refractivity contribution in [3.05, 3.63) is 41.5 Å². The summed E-state index contributed by atoms with van der Waals surface area (Å²) < 4.78 is 5.45. The van der Waals surface area contributed by atoms with Crippen molar-refractivity contribution >= 4 is 5.78 Å². The van der Waals surface area contributed by atoms with Gasteiger partial charge in [0.25, 0.3) is 0 Å². The quantitative estimate of drug-likeness (QED) is 0.623. The third kappa shape index (κ3) is 1.75. The number of rotatable bonds is 0. The van der Waals surface area contributed by atoms with Crippen LogP contribution in [0.1, 0.15) is 36.7 Å². The van der Waals surface area contributed by atoms with E-state index >= 15 is 0 Å². The third-order valence-corrected chi connectivity index (χ3v) is 2.81. The molecule has 1 aliphatic heterocycles. The van der Waals surface area contributed by atoms with Crippen LogP contribution < -0.4 is 4.74 Å². The van der Waals surface area contributed by atoms with E-state index in [2.05, 4.69) is 27.4 Å². The second-order valence-electron chi connectivity index (χ2n) is 5.18. The van der Waals surface area contributed by atoms with Gasteiger partial charge in [0, 0.05) is 5.57 Å². The molecule has 2 heteroatoms. The topological polar surface area (TPSA) is 26.3 Å². The van der Waals surface area contributed by atoms with Crippen LogP contribution in [0.4, 0.5) is 0 Å². The van der Waals surface area contributed by atoms with Gasteiger partial charge in [-0.3, -0.25) is 4.79 Å². The standard InChI is InChI=1S/C14H16O2/c1-9-8-16-12-6-5-10(14(2,3)4)7-11(12)13(9)15/h5-7H,1,8H2,2-4H3. The number of fused-ring (bicyclic) bond motifs is 1. The normalized spacial score (nSPS) is 15.7. The van der Waals surface area contributed by atoms with Gasteiger partial charge in [-0.25, -0.2) is 0 Å². The van der Waals surface area contributed by atoms with E-state index in [0.29, 0.717) is 23.5 Å². The molecule has 0 N–H and O–H groups in total. The molecular formula is C14H16O2. The second kappa shape index (κ2) is 3.48. The van der Waals surface area contributed by atoms with Crippen LogP contribution in [0, 0.1) is 0 Å². The Hall–Kier alpha value is -1.57. The van der Waals surface area contributed by atoms with Gasteiger partial charge < -0.3 is 4.74 Å². The van der Waals surface area contributed by atoms with E-state index in [1.165, 1.54) is 0 Å². The van der Waals surface area contributed by atoms with Crippen molar-refractivity contribution in [2.75, 3.05) is 6.61 Å². The second-order valence-corrected chi connectivity index (χ2v) is 5.18. The molecule has 0 unspecified atom stereocenters. The summed E-state index contributed by atoms with van der Waals surface area (Å²) in [5, 5.41) is 0. The van der Waals surface area contributed by atoms with Crippen LogP contribution in [0.15, 0.2) is 30.4 Å². The molecule has 0 radical (unpaired) electrons. The predicted octanol–water partition coefficient (Wildman–Crippen LogP) is 3.12. The summed E-state index contributed by atoms with van der Waals surface area (Å²) >= 11 is 0. The molecule has 2 nitrogen and oxygen atoms in total. The molecule has 16 heavy (non-hydrogen) atoms. The van der Waals surface area contributed by atoms with Crippen LogP contribution in [0.2, 0.25) is 0 Å². The minimum atomic E-state index is 0.00681. The zero-order valence-corrected chi connectivity index (χ0v) is 9.96. The van der Waals surface area contributed by atoms with E-state index < -0.39 is 0 Å². The number of carbonyl (C=O) groups excluding carboxylic acids is 1. The Bertz CT molecular complexity index is 464. The molecule has 0 amide bonds. The van der Waals surface area contributed by atoms with Crippen LogP contribution in [0.5, 0.6) is 5.75 Å². The monoisotopic (exact) mass is 216 g/mol. The van der Waals surface area contributed by atoms with Crippen molar-refractivity contribution in [2.45, 2.75) is 26.2 Å². The van der Waals surface area contributed by atoms with Gasteiger partial charge >= 0.3 is 0 Å². The Labute approximate surface area is 95.9 Å². The van der Waals surface area contributed by atoms with E-state index in [1.807, 2.05) is 18.2 Å². The molecule has 0 saturated carbocycles. The first-order valence-electron chi connectivity index (χ1n) is 5.39. The molecule has 0 aromatic heterocycles. The highest BCUT2D eigenvalue weighted by atomic mass is 16.5. The van der Waals surface area contributed by atoms with Crippen LogP contribution in [-0.2, 0) is 5.41 Å². The maximum Gasteiger partial charge on any atom is 0.195 e. The van der Waals surface area contributed by atoms with Crippen molar-refractivity contribution in [3.8, 4) is 5.75 Å². The van der Waals surface area contributed by atoms with Gasteiger partial charge in [0.05, 0.1) is 5.56 Å². The molecule has 0 atom stereocenters. The third-order valence-electron chi connectivity index (χ3n) is 2.81. The fourth-order valence-corrected chi connectivity index (χ4v) is 1.72. The minimum absolute atomic E-state index is 0.00681. The summed E-state index contributed by atoms with van der Waals surface area (Å²) in [5.41, 5.74) is 2.34. The maximum atomic E-state index is 11.9. The number of benzene rings is 1. The fourth-order valence-electron chi connectivity index (χ4n) is 1.72. The number of ketones is 1. The number of Topliss-reactive ketones (excluding diaryl/α,β-unsaturated/α-hetero) is 1. The molecule has 1 heterocycles. The summed E-state index contributed by atoms with van der Waals surface area (Å²) in [5.74, 6) is 0.678. The van der Waals surface area contributed by atoms with Crippen molar-refractivity contribution < 1.29 is 9.53 Å². The average Bonchev–Trinajstić information content (AvgIpc) is 2.22. The summed E-state index contributed by atoms with van der Waals surface area (Å²) in [6.07, 6.45) is 0. The van der Waals surface area contributed by atoms with Crippen molar-refractivity contribution in [1.29, 1.82) is 0 Å². The van der Waals surface area contributed by atoms with E-state index in [4.69, 9.17) is 4.74 Å². The summed E-state index contributed by atoms with van der Waals surface area (Å²) in [6.45, 7) is 10.4. The van der Waals surface area contributed by atoms with Crippen LogP contribution in [0.3, 0.4) is 0 Å². The van der Waals surface area contributed by atoms with E-state index in [0.717, 1.165) is 5.56 Å². The minimum Gasteiger partial charge on any atom is -0.488 e. The SMILES string of the molecule is C=C1COc2ccc(C(C)(C)C)cc2C1=O. The Balaban J connectivity index is 2.53. The number of hydrogen-bond donors (Lipinski definition) is 0. The largest absolute Gasteiger partial charge is 0.488 e. The van der Waals surface area contributed by atoms with Gasteiger partial charge in [0.15, 0.2) is 5.78 Å². The Morgan fingerprint density at radius 1 is 1.31 bits per heavy atom. The van der Waals surface area contributed by atoms with E-state index in [9.17, 15) is 4.79 Å². The molecule has 0 aliphatic carbocycles. The lowest BCUT2D eigenvalue weighted by Crippen LogP contribution is -2.20. The Kier molecular flexibility index (Phi) is 2.38. The van der Waals surface area contributed by atoms with Gasteiger partial charge in [-0.2, -0.15) is 0 Å². The first-order valence-corrected chi connectivity index (χ1v) is 5.39. The first-order chi connectivity index (χ1) is 7.39. The van der Waals surface area contributed by atoms with Crippen LogP contribution in [0.25, 0.3) is 0 Å². The zero-order valence-electron chi connectivity index (χ0n) is 9.96. The predicted molar refractivity (Wildman–Crippen MR) is 64.1 cm³/mol. The maximum absolute atomic E-state index is 11.9. The summed E-state index contributed by atoms with van der Waals surface area (Å²) in [4.78, 5) is 11.9. The van der Waals surface area contributed by atoms with E-state index in [-0.39, 0.29) is 11.2 Å². The van der Waals surface area contributed by atoms with Gasteiger partial charge in [0.1, 0.15) is 12.4 Å². The van der Waals surface area contributed by atoms with Crippen LogP contribution in [-0.4, -0.2) is 12.4 Å². The average molecular weight is 216 g/mol. The Morgan fingerprint density at radius 2 is 2.00 bits per heavy atom. The van der Waals surface area contributed by atoms with Crippen LogP contribution >= 0.6 is 0 Å². The number of ether oxygens (including phenoxy) is 1. The highest BCUT2D eigenvalue weighted by molar-refractivity contribution is 6.11. The Morgan fingerprint density at radius 3 is 2.62 bits per heavy atom. The molecule has 0 spiro atoms. The zero-order chi connectivity index (χ0) is 11.9. The smallest absolute Gasteiger partial charge is 0.195 e. The highest BCUT2D eigenvalue weighted by Crippen LogP contribution is 2.31. The van der Waals surface area contributed by atoms with E-state index in [1.54, 1.807) is 0 Å². The van der Waals surface area contributed by atoms with Gasteiger partial charge in [-0.1, -0.05) is 33.4 Å². The molecule has 0 saturated heterocycles. The van der Waals surface area contributed by atoms with Gasteiger partial charge in [-0.05, 0) is 23.1 Å². The molecule has 1 aromatic carbocycles. The molecule has 1 aromatic rings. The van der Waals surface area contributed by atoms with Gasteiger partial charge in [-0.15, -0.1) is 0 Å². The lowest BCUT2D eigenvalue weighted by atomic mass is 9.85. The molecule has 0 bridgehead atoms. The lowest BCUT2D eigenvalue weighted by molar-refractivity contribution is 0.1000. The van der Waals surface area contributed by atoms with Gasteiger partial charge in [0.2, 0.25) is 0 Å². The molecule has 84 valence electrons. The summed E-state index contributed by atoms with van der Waals surface area (Å²) in [6, 6.07) is 5.81. The van der Waals surface area contributed by atoms with Crippen molar-refractivity contribution in [3.63, 3.8) is 0 Å². The summed E-state index contributed by atoms with van der Waals surface area (Å²) in [7, 11) is 0.